The van der Waals surface area contributed by atoms with Gasteiger partial charge in [-0.1, -0.05) is 47.5 Å². The second-order valence-electron chi connectivity index (χ2n) is 6.72. The summed E-state index contributed by atoms with van der Waals surface area (Å²) in [6.45, 7) is 5.21. The van der Waals surface area contributed by atoms with Crippen molar-refractivity contribution in [2.24, 2.45) is 5.92 Å². The number of nitrogens with one attached hydrogen (secondary N) is 1. The Morgan fingerprint density at radius 3 is 2.77 bits per heavy atom. The second kappa shape index (κ2) is 5.44. The van der Waals surface area contributed by atoms with Crippen LogP contribution in [-0.4, -0.2) is 6.61 Å². The van der Waals surface area contributed by atoms with Gasteiger partial charge < -0.3 is 10.1 Å². The Hall–Kier alpha value is -1.80. The number of aryl methyl sites for hydroxylation is 2. The van der Waals surface area contributed by atoms with Crippen LogP contribution >= 0.6 is 0 Å². The Morgan fingerprint density at radius 1 is 1.05 bits per heavy atom. The topological polar surface area (TPSA) is 21.3 Å². The van der Waals surface area contributed by atoms with Gasteiger partial charge in [0.25, 0.3) is 0 Å². The van der Waals surface area contributed by atoms with E-state index in [0.29, 0.717) is 12.0 Å². The highest BCUT2D eigenvalue weighted by molar-refractivity contribution is 5.58. The standard InChI is InChI=1S/C20H23NO/c1-13-5-3-6-15(11-13)19-16-7-4-10-22-20(16)17-12-14(2)8-9-18(17)21-19/h3,5-6,8-9,11-12,16,19-21H,4,7,10H2,1-2H3/t16-,19+,20-/m0/s1. The fourth-order valence-electron chi connectivity index (χ4n) is 3.98. The lowest BCUT2D eigenvalue weighted by Crippen LogP contribution is -2.36. The maximum atomic E-state index is 6.21. The van der Waals surface area contributed by atoms with Gasteiger partial charge in [-0.2, -0.15) is 0 Å². The van der Waals surface area contributed by atoms with Crippen molar-refractivity contribution >= 4 is 5.69 Å². The summed E-state index contributed by atoms with van der Waals surface area (Å²) in [6, 6.07) is 15.9. The van der Waals surface area contributed by atoms with E-state index >= 15 is 0 Å². The SMILES string of the molecule is Cc1cccc([C@H]2Nc3ccc(C)cc3[C@H]3OCCC[C@@H]23)c1. The largest absolute Gasteiger partial charge is 0.378 e. The molecule has 0 aliphatic carbocycles. The molecule has 1 N–H and O–H groups in total. The Balaban J connectivity index is 1.79. The number of benzene rings is 2. The van der Waals surface area contributed by atoms with Crippen LogP contribution < -0.4 is 5.32 Å². The van der Waals surface area contributed by atoms with Gasteiger partial charge >= 0.3 is 0 Å². The van der Waals surface area contributed by atoms with Gasteiger partial charge in [0.1, 0.15) is 0 Å². The highest BCUT2D eigenvalue weighted by atomic mass is 16.5. The quantitative estimate of drug-likeness (QED) is 0.804. The lowest BCUT2D eigenvalue weighted by molar-refractivity contribution is -0.0381. The van der Waals surface area contributed by atoms with E-state index in [1.807, 2.05) is 0 Å². The van der Waals surface area contributed by atoms with Gasteiger partial charge in [0.2, 0.25) is 0 Å². The van der Waals surface area contributed by atoms with Crippen LogP contribution in [0.25, 0.3) is 0 Å². The zero-order valence-corrected chi connectivity index (χ0v) is 13.3. The molecule has 114 valence electrons. The van der Waals surface area contributed by atoms with Crippen LogP contribution in [0, 0.1) is 19.8 Å². The molecule has 2 aliphatic rings. The molecule has 1 saturated heterocycles. The molecule has 2 aromatic carbocycles. The molecule has 4 rings (SSSR count). The zero-order chi connectivity index (χ0) is 15.1. The van der Waals surface area contributed by atoms with Crippen molar-refractivity contribution in [1.29, 1.82) is 0 Å². The van der Waals surface area contributed by atoms with Crippen LogP contribution in [0.2, 0.25) is 0 Å². The summed E-state index contributed by atoms with van der Waals surface area (Å²) in [4.78, 5) is 0. The lowest BCUT2D eigenvalue weighted by Gasteiger charge is -2.43. The molecule has 0 amide bonds. The maximum absolute atomic E-state index is 6.21. The van der Waals surface area contributed by atoms with Crippen molar-refractivity contribution in [3.8, 4) is 0 Å². The van der Waals surface area contributed by atoms with Crippen LogP contribution in [0.15, 0.2) is 42.5 Å². The molecular formula is C20H23NO. The van der Waals surface area contributed by atoms with Crippen molar-refractivity contribution < 1.29 is 4.74 Å². The van der Waals surface area contributed by atoms with E-state index in [2.05, 4.69) is 61.6 Å². The van der Waals surface area contributed by atoms with Gasteiger partial charge in [-0.25, -0.2) is 0 Å². The number of rotatable bonds is 1. The molecule has 3 atom stereocenters. The first-order chi connectivity index (χ1) is 10.7. The molecule has 2 nitrogen and oxygen atoms in total. The minimum absolute atomic E-state index is 0.232. The minimum Gasteiger partial charge on any atom is -0.378 e. The third-order valence-corrected chi connectivity index (χ3v) is 5.02. The summed E-state index contributed by atoms with van der Waals surface area (Å²) in [7, 11) is 0. The van der Waals surface area contributed by atoms with Crippen molar-refractivity contribution in [1.82, 2.24) is 0 Å². The van der Waals surface area contributed by atoms with E-state index in [4.69, 9.17) is 4.74 Å². The monoisotopic (exact) mass is 293 g/mol. The minimum atomic E-state index is 0.232. The van der Waals surface area contributed by atoms with Gasteiger partial charge in [-0.05, 0) is 38.3 Å². The number of fused-ring (bicyclic) bond motifs is 3. The number of anilines is 1. The molecule has 0 unspecified atom stereocenters. The first-order valence-corrected chi connectivity index (χ1v) is 8.27. The molecular weight excluding hydrogens is 270 g/mol. The third-order valence-electron chi connectivity index (χ3n) is 5.02. The van der Waals surface area contributed by atoms with E-state index in [9.17, 15) is 0 Å². The van der Waals surface area contributed by atoms with Crippen LogP contribution in [0.4, 0.5) is 5.69 Å². The first kappa shape index (κ1) is 13.8. The molecule has 2 aliphatic heterocycles. The van der Waals surface area contributed by atoms with E-state index in [0.717, 1.165) is 13.0 Å². The van der Waals surface area contributed by atoms with E-state index in [1.165, 1.54) is 34.4 Å². The second-order valence-corrected chi connectivity index (χ2v) is 6.72. The summed E-state index contributed by atoms with van der Waals surface area (Å²) in [6.07, 6.45) is 2.62. The van der Waals surface area contributed by atoms with E-state index in [1.54, 1.807) is 0 Å². The Labute approximate surface area is 132 Å². The average Bonchev–Trinajstić information content (AvgIpc) is 2.54. The lowest BCUT2D eigenvalue weighted by atomic mass is 9.77. The van der Waals surface area contributed by atoms with E-state index in [-0.39, 0.29) is 6.10 Å². The molecule has 2 heteroatoms. The highest BCUT2D eigenvalue weighted by Gasteiger charge is 2.39. The smallest absolute Gasteiger partial charge is 0.0895 e. The predicted octanol–water partition coefficient (Wildman–Crippen LogP) is 4.94. The Kier molecular flexibility index (Phi) is 3.42. The predicted molar refractivity (Wildman–Crippen MR) is 90.1 cm³/mol. The summed E-state index contributed by atoms with van der Waals surface area (Å²) in [5.74, 6) is 0.518. The van der Waals surface area contributed by atoms with Crippen molar-refractivity contribution in [3.05, 3.63) is 64.7 Å². The Bertz CT molecular complexity index is 694. The summed E-state index contributed by atoms with van der Waals surface area (Å²) in [5, 5.41) is 3.79. The van der Waals surface area contributed by atoms with Gasteiger partial charge in [0, 0.05) is 23.8 Å². The van der Waals surface area contributed by atoms with Crippen molar-refractivity contribution in [2.45, 2.75) is 38.8 Å². The number of hydrogen-bond donors (Lipinski definition) is 1. The van der Waals surface area contributed by atoms with Crippen molar-refractivity contribution in [2.75, 3.05) is 11.9 Å². The van der Waals surface area contributed by atoms with Crippen LogP contribution in [0.3, 0.4) is 0 Å². The van der Waals surface area contributed by atoms with Crippen LogP contribution in [0.1, 0.15) is 47.2 Å². The number of ether oxygens (including phenoxy) is 1. The molecule has 2 heterocycles. The molecule has 0 radical (unpaired) electrons. The molecule has 1 fully saturated rings. The van der Waals surface area contributed by atoms with Gasteiger partial charge in [-0.15, -0.1) is 0 Å². The summed E-state index contributed by atoms with van der Waals surface area (Å²) in [5.41, 5.74) is 6.59. The molecule has 0 spiro atoms. The normalized spacial score (nSPS) is 26.7. The number of hydrogen-bond acceptors (Lipinski definition) is 2. The highest BCUT2D eigenvalue weighted by Crippen LogP contribution is 2.49. The maximum Gasteiger partial charge on any atom is 0.0895 e. The molecule has 22 heavy (non-hydrogen) atoms. The fourth-order valence-corrected chi connectivity index (χ4v) is 3.98. The Morgan fingerprint density at radius 2 is 1.91 bits per heavy atom. The first-order valence-electron chi connectivity index (χ1n) is 8.27. The summed E-state index contributed by atoms with van der Waals surface area (Å²) >= 11 is 0. The fraction of sp³-hybridized carbons (Fsp3) is 0.400. The van der Waals surface area contributed by atoms with Crippen molar-refractivity contribution in [3.63, 3.8) is 0 Å². The van der Waals surface area contributed by atoms with E-state index < -0.39 is 0 Å². The summed E-state index contributed by atoms with van der Waals surface area (Å²) < 4.78 is 6.21. The van der Waals surface area contributed by atoms with Crippen LogP contribution in [0.5, 0.6) is 0 Å². The molecule has 0 saturated carbocycles. The molecule has 0 aromatic heterocycles. The molecule has 2 aromatic rings. The molecule has 0 bridgehead atoms. The third kappa shape index (κ3) is 2.32. The average molecular weight is 293 g/mol. The zero-order valence-electron chi connectivity index (χ0n) is 13.3. The van der Waals surface area contributed by atoms with Gasteiger partial charge in [0.15, 0.2) is 0 Å². The van der Waals surface area contributed by atoms with Crippen LogP contribution in [-0.2, 0) is 4.74 Å². The van der Waals surface area contributed by atoms with Gasteiger partial charge in [0.05, 0.1) is 12.1 Å². The van der Waals surface area contributed by atoms with Gasteiger partial charge in [-0.3, -0.25) is 0 Å².